The lowest BCUT2D eigenvalue weighted by Crippen LogP contribution is -2.49. The molecular formula is C17H19FN2O. The molecule has 0 spiro atoms. The summed E-state index contributed by atoms with van der Waals surface area (Å²) in [5, 5.41) is 2.84. The number of rotatable bonds is 4. The van der Waals surface area contributed by atoms with E-state index >= 15 is 0 Å². The van der Waals surface area contributed by atoms with Gasteiger partial charge in [-0.05, 0) is 31.0 Å². The zero-order valence-electron chi connectivity index (χ0n) is 12.2. The summed E-state index contributed by atoms with van der Waals surface area (Å²) in [4.78, 5) is 12.4. The summed E-state index contributed by atoms with van der Waals surface area (Å²) in [7, 11) is 0. The van der Waals surface area contributed by atoms with Crippen molar-refractivity contribution in [2.45, 2.75) is 19.4 Å². The Balaban J connectivity index is 2.30. The number of amides is 1. The number of hydrogen-bond donors (Lipinski definition) is 2. The van der Waals surface area contributed by atoms with Crippen molar-refractivity contribution in [3.05, 3.63) is 71.0 Å². The molecule has 0 aliphatic carbocycles. The third-order valence-electron chi connectivity index (χ3n) is 3.65. The molecule has 0 aliphatic heterocycles. The second-order valence-electron chi connectivity index (χ2n) is 5.29. The van der Waals surface area contributed by atoms with Crippen LogP contribution in [0, 0.1) is 12.7 Å². The molecule has 1 unspecified atom stereocenters. The molecule has 21 heavy (non-hydrogen) atoms. The zero-order valence-corrected chi connectivity index (χ0v) is 12.2. The Labute approximate surface area is 124 Å². The Kier molecular flexibility index (Phi) is 4.38. The summed E-state index contributed by atoms with van der Waals surface area (Å²) in [6.45, 7) is 3.68. The molecule has 0 saturated heterocycles. The van der Waals surface area contributed by atoms with E-state index in [1.165, 1.54) is 6.07 Å². The minimum Gasteiger partial charge on any atom is -0.341 e. The summed E-state index contributed by atoms with van der Waals surface area (Å²) >= 11 is 0. The number of benzene rings is 2. The summed E-state index contributed by atoms with van der Waals surface area (Å²) in [6, 6.07) is 14.2. The molecule has 0 bridgehead atoms. The maximum absolute atomic E-state index is 14.0. The fourth-order valence-corrected chi connectivity index (χ4v) is 2.19. The van der Waals surface area contributed by atoms with Crippen LogP contribution in [0.1, 0.15) is 28.4 Å². The molecule has 2 aromatic carbocycles. The maximum atomic E-state index is 14.0. The van der Waals surface area contributed by atoms with E-state index in [4.69, 9.17) is 5.73 Å². The van der Waals surface area contributed by atoms with Gasteiger partial charge in [-0.3, -0.25) is 4.79 Å². The topological polar surface area (TPSA) is 55.1 Å². The molecular weight excluding hydrogens is 267 g/mol. The molecule has 0 fully saturated rings. The van der Waals surface area contributed by atoms with Gasteiger partial charge >= 0.3 is 0 Å². The van der Waals surface area contributed by atoms with Gasteiger partial charge in [-0.1, -0.05) is 42.5 Å². The van der Waals surface area contributed by atoms with E-state index in [1.54, 1.807) is 19.1 Å². The van der Waals surface area contributed by atoms with E-state index in [0.717, 1.165) is 5.56 Å². The van der Waals surface area contributed by atoms with Gasteiger partial charge in [-0.2, -0.15) is 0 Å². The largest absolute Gasteiger partial charge is 0.341 e. The van der Waals surface area contributed by atoms with Gasteiger partial charge in [-0.25, -0.2) is 4.39 Å². The van der Waals surface area contributed by atoms with Crippen LogP contribution in [0.15, 0.2) is 48.5 Å². The molecule has 4 heteroatoms. The highest BCUT2D eigenvalue weighted by Crippen LogP contribution is 2.21. The van der Waals surface area contributed by atoms with Gasteiger partial charge < -0.3 is 11.1 Å². The molecule has 3 nitrogen and oxygen atoms in total. The number of carbonyl (C=O) groups excluding carboxylic acids is 1. The highest BCUT2D eigenvalue weighted by molar-refractivity contribution is 5.95. The normalized spacial score (nSPS) is 13.5. The van der Waals surface area contributed by atoms with Crippen molar-refractivity contribution in [2.24, 2.45) is 5.73 Å². The first-order valence-corrected chi connectivity index (χ1v) is 6.81. The van der Waals surface area contributed by atoms with Gasteiger partial charge in [0.2, 0.25) is 0 Å². The first-order chi connectivity index (χ1) is 9.98. The SMILES string of the molecule is Cc1cccc(C(=O)NC(C)(CN)c2ccccc2)c1F. The third-order valence-corrected chi connectivity index (χ3v) is 3.65. The quantitative estimate of drug-likeness (QED) is 0.908. The van der Waals surface area contributed by atoms with Crippen LogP contribution in [0.3, 0.4) is 0 Å². The van der Waals surface area contributed by atoms with Crippen LogP contribution in [0.5, 0.6) is 0 Å². The van der Waals surface area contributed by atoms with Crippen molar-refractivity contribution < 1.29 is 9.18 Å². The lowest BCUT2D eigenvalue weighted by Gasteiger charge is -2.30. The second kappa shape index (κ2) is 6.06. The van der Waals surface area contributed by atoms with Crippen LogP contribution in [0.25, 0.3) is 0 Å². The van der Waals surface area contributed by atoms with Gasteiger partial charge in [0.1, 0.15) is 5.82 Å². The monoisotopic (exact) mass is 286 g/mol. The summed E-state index contributed by atoms with van der Waals surface area (Å²) in [6.07, 6.45) is 0. The average molecular weight is 286 g/mol. The molecule has 0 aromatic heterocycles. The number of carbonyl (C=O) groups is 1. The fraction of sp³-hybridized carbons (Fsp3) is 0.235. The summed E-state index contributed by atoms with van der Waals surface area (Å²) in [5.74, 6) is -0.963. The average Bonchev–Trinajstić information content (AvgIpc) is 2.50. The molecule has 1 atom stereocenters. The van der Waals surface area contributed by atoms with Crippen LogP contribution >= 0.6 is 0 Å². The van der Waals surface area contributed by atoms with E-state index < -0.39 is 17.3 Å². The number of hydrogen-bond acceptors (Lipinski definition) is 2. The Hall–Kier alpha value is -2.20. The second-order valence-corrected chi connectivity index (χ2v) is 5.29. The van der Waals surface area contributed by atoms with Crippen molar-refractivity contribution in [3.8, 4) is 0 Å². The van der Waals surface area contributed by atoms with Gasteiger partial charge in [0.05, 0.1) is 11.1 Å². The van der Waals surface area contributed by atoms with E-state index in [2.05, 4.69) is 5.32 Å². The third kappa shape index (κ3) is 3.11. The Morgan fingerprint density at radius 3 is 2.48 bits per heavy atom. The predicted octanol–water partition coefficient (Wildman–Crippen LogP) is 2.74. The Bertz CT molecular complexity index is 642. The molecule has 110 valence electrons. The summed E-state index contributed by atoms with van der Waals surface area (Å²) < 4.78 is 14.0. The zero-order chi connectivity index (χ0) is 15.5. The molecule has 1 amide bonds. The number of aryl methyl sites for hydroxylation is 1. The molecule has 2 aromatic rings. The molecule has 0 heterocycles. The number of halogens is 1. The van der Waals surface area contributed by atoms with Crippen LogP contribution in [0.2, 0.25) is 0 Å². The molecule has 3 N–H and O–H groups in total. The van der Waals surface area contributed by atoms with Gasteiger partial charge in [0, 0.05) is 6.54 Å². The van der Waals surface area contributed by atoms with Crippen LogP contribution in [0.4, 0.5) is 4.39 Å². The van der Waals surface area contributed by atoms with Crippen LogP contribution < -0.4 is 11.1 Å². The number of nitrogens with two attached hydrogens (primary N) is 1. The molecule has 0 radical (unpaired) electrons. The summed E-state index contributed by atoms with van der Waals surface area (Å²) in [5.41, 5.74) is 6.44. The predicted molar refractivity (Wildman–Crippen MR) is 81.5 cm³/mol. The van der Waals surface area contributed by atoms with E-state index in [1.807, 2.05) is 37.3 Å². The molecule has 0 saturated carbocycles. The lowest BCUT2D eigenvalue weighted by atomic mass is 9.91. The van der Waals surface area contributed by atoms with Crippen molar-refractivity contribution in [1.82, 2.24) is 5.32 Å². The van der Waals surface area contributed by atoms with Gasteiger partial charge in [0.25, 0.3) is 5.91 Å². The van der Waals surface area contributed by atoms with Gasteiger partial charge in [-0.15, -0.1) is 0 Å². The smallest absolute Gasteiger partial charge is 0.254 e. The number of nitrogens with one attached hydrogen (secondary N) is 1. The minimum atomic E-state index is -0.742. The van der Waals surface area contributed by atoms with Crippen LogP contribution in [-0.2, 0) is 5.54 Å². The lowest BCUT2D eigenvalue weighted by molar-refractivity contribution is 0.0903. The van der Waals surface area contributed by atoms with E-state index in [9.17, 15) is 9.18 Å². The van der Waals surface area contributed by atoms with E-state index in [-0.39, 0.29) is 12.1 Å². The maximum Gasteiger partial charge on any atom is 0.254 e. The highest BCUT2D eigenvalue weighted by Gasteiger charge is 2.28. The first-order valence-electron chi connectivity index (χ1n) is 6.81. The standard InChI is InChI=1S/C17H19FN2O/c1-12-7-6-10-14(15(12)18)16(21)20-17(2,11-19)13-8-4-3-5-9-13/h3-10H,11,19H2,1-2H3,(H,20,21). The van der Waals surface area contributed by atoms with Gasteiger partial charge in [0.15, 0.2) is 0 Å². The van der Waals surface area contributed by atoms with E-state index in [0.29, 0.717) is 5.56 Å². The highest BCUT2D eigenvalue weighted by atomic mass is 19.1. The fourth-order valence-electron chi connectivity index (χ4n) is 2.19. The molecule has 0 aliphatic rings. The molecule has 2 rings (SSSR count). The minimum absolute atomic E-state index is 0.0330. The van der Waals surface area contributed by atoms with Crippen molar-refractivity contribution in [2.75, 3.05) is 6.54 Å². The van der Waals surface area contributed by atoms with Crippen molar-refractivity contribution >= 4 is 5.91 Å². The Morgan fingerprint density at radius 2 is 1.86 bits per heavy atom. The van der Waals surface area contributed by atoms with Crippen LogP contribution in [-0.4, -0.2) is 12.5 Å². The van der Waals surface area contributed by atoms with Crippen molar-refractivity contribution in [3.63, 3.8) is 0 Å². The first kappa shape index (κ1) is 15.2. The Morgan fingerprint density at radius 1 is 1.19 bits per heavy atom. The van der Waals surface area contributed by atoms with Crippen molar-refractivity contribution in [1.29, 1.82) is 0 Å².